The van der Waals surface area contributed by atoms with E-state index >= 15 is 0 Å². The van der Waals surface area contributed by atoms with Crippen molar-refractivity contribution in [1.29, 1.82) is 0 Å². The number of nitrogens with zero attached hydrogens (tertiary/aromatic N) is 2. The first-order valence-electron chi connectivity index (χ1n) is 8.23. The van der Waals surface area contributed by atoms with Crippen LogP contribution in [0.25, 0.3) is 0 Å². The summed E-state index contributed by atoms with van der Waals surface area (Å²) in [6.07, 6.45) is -0.441. The van der Waals surface area contributed by atoms with Crippen molar-refractivity contribution in [3.63, 3.8) is 0 Å². The second-order valence-electron chi connectivity index (χ2n) is 6.40. The molecule has 2 heterocycles. The van der Waals surface area contributed by atoms with Gasteiger partial charge in [0.1, 0.15) is 6.10 Å². The van der Waals surface area contributed by atoms with Crippen LogP contribution in [0.2, 0.25) is 0 Å². The normalized spacial score (nSPS) is 27.8. The minimum absolute atomic E-state index is 0.166. The lowest BCUT2D eigenvalue weighted by atomic mass is 10.2. The van der Waals surface area contributed by atoms with Gasteiger partial charge in [0.25, 0.3) is 5.91 Å². The van der Waals surface area contributed by atoms with E-state index in [1.807, 2.05) is 19.9 Å². The van der Waals surface area contributed by atoms with Crippen LogP contribution in [-0.2, 0) is 9.47 Å². The summed E-state index contributed by atoms with van der Waals surface area (Å²) in [6.45, 7) is 6.69. The second kappa shape index (κ2) is 7.19. The third kappa shape index (κ3) is 4.04. The number of carbonyl (C=O) groups excluding carboxylic acids is 2. The Kier molecular flexibility index (Phi) is 5.01. The number of nitrogens with one attached hydrogen (secondary N) is 1. The van der Waals surface area contributed by atoms with E-state index in [9.17, 15) is 9.59 Å². The van der Waals surface area contributed by atoms with E-state index < -0.39 is 6.09 Å². The van der Waals surface area contributed by atoms with Crippen LogP contribution < -0.4 is 5.43 Å². The van der Waals surface area contributed by atoms with Gasteiger partial charge in [-0.25, -0.2) is 9.80 Å². The van der Waals surface area contributed by atoms with Crippen molar-refractivity contribution in [3.8, 4) is 0 Å². The number of morpholine rings is 1. The van der Waals surface area contributed by atoms with Crippen LogP contribution >= 0.6 is 0 Å². The summed E-state index contributed by atoms with van der Waals surface area (Å²) in [7, 11) is 0. The van der Waals surface area contributed by atoms with Crippen LogP contribution in [0.1, 0.15) is 24.2 Å². The van der Waals surface area contributed by atoms with E-state index in [2.05, 4.69) is 10.3 Å². The monoisotopic (exact) mass is 333 g/mol. The number of carbonyl (C=O) groups is 2. The van der Waals surface area contributed by atoms with Crippen molar-refractivity contribution in [3.05, 3.63) is 35.9 Å². The number of benzene rings is 1. The highest BCUT2D eigenvalue weighted by molar-refractivity contribution is 5.95. The van der Waals surface area contributed by atoms with Crippen LogP contribution in [0.5, 0.6) is 0 Å². The summed E-state index contributed by atoms with van der Waals surface area (Å²) >= 11 is 0. The number of hydrogen-bond donors (Lipinski definition) is 1. The Morgan fingerprint density at radius 1 is 1.17 bits per heavy atom. The first-order valence-corrected chi connectivity index (χ1v) is 8.23. The first kappa shape index (κ1) is 16.7. The SMILES string of the molecule is C[C@@H]1CN(C[C@H]2CN(NC(=O)c3ccccc3)C(=O)O2)C[C@@H](C)O1. The van der Waals surface area contributed by atoms with Crippen LogP contribution in [0.3, 0.4) is 0 Å². The summed E-state index contributed by atoms with van der Waals surface area (Å²) in [5.74, 6) is -0.318. The van der Waals surface area contributed by atoms with Crippen molar-refractivity contribution in [2.45, 2.75) is 32.2 Å². The molecule has 1 aromatic rings. The van der Waals surface area contributed by atoms with Crippen molar-refractivity contribution in [2.24, 2.45) is 0 Å². The van der Waals surface area contributed by atoms with Crippen molar-refractivity contribution in [1.82, 2.24) is 15.3 Å². The zero-order valence-corrected chi connectivity index (χ0v) is 14.0. The molecule has 24 heavy (non-hydrogen) atoms. The minimum atomic E-state index is -0.515. The third-order valence-corrected chi connectivity index (χ3v) is 4.10. The van der Waals surface area contributed by atoms with E-state index in [1.165, 1.54) is 5.01 Å². The average molecular weight is 333 g/mol. The van der Waals surface area contributed by atoms with Gasteiger partial charge in [0, 0.05) is 25.2 Å². The molecule has 2 amide bonds. The molecule has 2 fully saturated rings. The fourth-order valence-electron chi connectivity index (χ4n) is 3.21. The van der Waals surface area contributed by atoms with Gasteiger partial charge in [-0.3, -0.25) is 15.1 Å². The largest absolute Gasteiger partial charge is 0.442 e. The molecular formula is C17H23N3O4. The minimum Gasteiger partial charge on any atom is -0.442 e. The van der Waals surface area contributed by atoms with Crippen LogP contribution in [0.4, 0.5) is 4.79 Å². The Bertz CT molecular complexity index is 585. The lowest BCUT2D eigenvalue weighted by Gasteiger charge is -2.36. The average Bonchev–Trinajstić information content (AvgIpc) is 2.86. The summed E-state index contributed by atoms with van der Waals surface area (Å²) in [4.78, 5) is 26.3. The molecule has 0 unspecified atom stereocenters. The van der Waals surface area contributed by atoms with Gasteiger partial charge in [0.05, 0.1) is 18.8 Å². The molecule has 3 atom stereocenters. The van der Waals surface area contributed by atoms with E-state index in [-0.39, 0.29) is 24.2 Å². The van der Waals surface area contributed by atoms with Gasteiger partial charge < -0.3 is 9.47 Å². The molecule has 0 aliphatic carbocycles. The number of amides is 2. The van der Waals surface area contributed by atoms with Crippen molar-refractivity contribution >= 4 is 12.0 Å². The number of hydrazine groups is 1. The van der Waals surface area contributed by atoms with E-state index in [4.69, 9.17) is 9.47 Å². The zero-order chi connectivity index (χ0) is 17.1. The molecule has 0 saturated carbocycles. The second-order valence-corrected chi connectivity index (χ2v) is 6.40. The summed E-state index contributed by atoms with van der Waals surface area (Å²) < 4.78 is 11.1. The van der Waals surface area contributed by atoms with Gasteiger partial charge in [-0.2, -0.15) is 0 Å². The fraction of sp³-hybridized carbons (Fsp3) is 0.529. The number of cyclic esters (lactones) is 1. The number of ether oxygens (including phenoxy) is 2. The first-order chi connectivity index (χ1) is 11.5. The van der Waals surface area contributed by atoms with E-state index in [0.717, 1.165) is 13.1 Å². The molecule has 7 heteroatoms. The molecule has 2 aliphatic heterocycles. The number of hydrogen-bond acceptors (Lipinski definition) is 5. The molecule has 7 nitrogen and oxygen atoms in total. The Labute approximate surface area is 141 Å². The fourth-order valence-corrected chi connectivity index (χ4v) is 3.21. The zero-order valence-electron chi connectivity index (χ0n) is 14.0. The van der Waals surface area contributed by atoms with Gasteiger partial charge in [-0.15, -0.1) is 0 Å². The van der Waals surface area contributed by atoms with E-state index in [1.54, 1.807) is 24.3 Å². The van der Waals surface area contributed by atoms with Gasteiger partial charge in [0.15, 0.2) is 0 Å². The predicted octanol–water partition coefficient (Wildman–Crippen LogP) is 1.26. The highest BCUT2D eigenvalue weighted by atomic mass is 16.6. The highest BCUT2D eigenvalue weighted by Gasteiger charge is 2.35. The Morgan fingerprint density at radius 2 is 1.83 bits per heavy atom. The third-order valence-electron chi connectivity index (χ3n) is 4.10. The highest BCUT2D eigenvalue weighted by Crippen LogP contribution is 2.15. The maximum atomic E-state index is 12.1. The maximum Gasteiger partial charge on any atom is 0.429 e. The molecule has 0 bridgehead atoms. The molecule has 1 N–H and O–H groups in total. The molecular weight excluding hydrogens is 310 g/mol. The topological polar surface area (TPSA) is 71.1 Å². The summed E-state index contributed by atoms with van der Waals surface area (Å²) in [5, 5.41) is 1.24. The maximum absolute atomic E-state index is 12.1. The van der Waals surface area contributed by atoms with Gasteiger partial charge in [-0.1, -0.05) is 18.2 Å². The number of rotatable bonds is 4. The molecule has 2 aliphatic rings. The predicted molar refractivity (Wildman–Crippen MR) is 87.3 cm³/mol. The van der Waals surface area contributed by atoms with E-state index in [0.29, 0.717) is 18.7 Å². The molecule has 2 saturated heterocycles. The van der Waals surface area contributed by atoms with Gasteiger partial charge in [0.2, 0.25) is 0 Å². The lowest BCUT2D eigenvalue weighted by molar-refractivity contribution is -0.0746. The molecule has 0 aromatic heterocycles. The Hall–Kier alpha value is -2.12. The molecule has 0 spiro atoms. The Balaban J connectivity index is 1.53. The molecule has 0 radical (unpaired) electrons. The molecule has 1 aromatic carbocycles. The van der Waals surface area contributed by atoms with Gasteiger partial charge in [-0.05, 0) is 26.0 Å². The smallest absolute Gasteiger partial charge is 0.429 e. The lowest BCUT2D eigenvalue weighted by Crippen LogP contribution is -2.49. The molecule has 130 valence electrons. The van der Waals surface area contributed by atoms with Crippen LogP contribution in [-0.4, -0.2) is 66.4 Å². The quantitative estimate of drug-likeness (QED) is 0.898. The van der Waals surface area contributed by atoms with Gasteiger partial charge >= 0.3 is 6.09 Å². The van der Waals surface area contributed by atoms with Crippen LogP contribution in [0, 0.1) is 0 Å². The Morgan fingerprint density at radius 3 is 2.50 bits per heavy atom. The van der Waals surface area contributed by atoms with Crippen molar-refractivity contribution < 1.29 is 19.1 Å². The van der Waals surface area contributed by atoms with Crippen LogP contribution in [0.15, 0.2) is 30.3 Å². The molecule has 3 rings (SSSR count). The summed E-state index contributed by atoms with van der Waals surface area (Å²) in [6, 6.07) is 8.79. The van der Waals surface area contributed by atoms with Crippen molar-refractivity contribution in [2.75, 3.05) is 26.2 Å². The summed E-state index contributed by atoms with van der Waals surface area (Å²) in [5.41, 5.74) is 3.11. The standard InChI is InChI=1S/C17H23N3O4/c1-12-8-19(9-13(2)23-12)10-15-11-20(17(22)24-15)18-16(21)14-6-4-3-5-7-14/h3-7,12-13,15H,8-11H2,1-2H3,(H,18,21)/t12-,13-,15+/m1/s1.